The summed E-state index contributed by atoms with van der Waals surface area (Å²) in [6.45, 7) is 16.6. The van der Waals surface area contributed by atoms with Gasteiger partial charge < -0.3 is 5.11 Å². The molecule has 0 aliphatic carbocycles. The van der Waals surface area contributed by atoms with Crippen molar-refractivity contribution in [1.82, 2.24) is 9.97 Å². The third-order valence-electron chi connectivity index (χ3n) is 4.91. The number of ketones is 1. The standard InChI is InChI=1S/C11H15NO.C10H13NO2.CH4/c1-6-8(3)12-9(4)7(2)11(6)10(5)13;1-5-7(3)11-8(4)6(2)9(5)10(12)13;/h1-5H3;1-4H3,(H,12,13);1H4. The molecular weight excluding hydrogens is 340 g/mol. The molecular formula is C22H32N2O3. The second-order valence-electron chi connectivity index (χ2n) is 6.68. The van der Waals surface area contributed by atoms with Crippen LogP contribution in [0.4, 0.5) is 0 Å². The molecule has 0 saturated heterocycles. The number of aryl methyl sites for hydroxylation is 4. The molecule has 0 atom stereocenters. The van der Waals surface area contributed by atoms with Crippen molar-refractivity contribution < 1.29 is 14.7 Å². The minimum atomic E-state index is -0.872. The lowest BCUT2D eigenvalue weighted by Gasteiger charge is -2.11. The molecule has 5 nitrogen and oxygen atoms in total. The lowest BCUT2D eigenvalue weighted by Crippen LogP contribution is -2.08. The number of hydrogen-bond donors (Lipinski definition) is 1. The van der Waals surface area contributed by atoms with E-state index in [1.807, 2.05) is 41.5 Å². The predicted molar refractivity (Wildman–Crippen MR) is 110 cm³/mol. The number of aromatic nitrogens is 2. The molecule has 0 aromatic carbocycles. The first kappa shape index (κ1) is 24.4. The zero-order valence-electron chi connectivity index (χ0n) is 17.2. The number of Topliss-reactive ketones (excluding diaryl/α,β-unsaturated/α-hetero) is 1. The highest BCUT2D eigenvalue weighted by molar-refractivity contribution is 5.97. The maximum atomic E-state index is 11.4. The summed E-state index contributed by atoms with van der Waals surface area (Å²) in [6, 6.07) is 0. The van der Waals surface area contributed by atoms with E-state index in [1.165, 1.54) is 0 Å². The van der Waals surface area contributed by atoms with E-state index >= 15 is 0 Å². The average Bonchev–Trinajstić information content (AvgIpc) is 2.51. The smallest absolute Gasteiger partial charge is 0.336 e. The van der Waals surface area contributed by atoms with Crippen molar-refractivity contribution in [2.75, 3.05) is 0 Å². The summed E-state index contributed by atoms with van der Waals surface area (Å²) < 4.78 is 0. The highest BCUT2D eigenvalue weighted by Gasteiger charge is 2.15. The van der Waals surface area contributed by atoms with Crippen molar-refractivity contribution in [3.8, 4) is 0 Å². The van der Waals surface area contributed by atoms with Gasteiger partial charge in [0.05, 0.1) is 5.56 Å². The topological polar surface area (TPSA) is 80.2 Å². The van der Waals surface area contributed by atoms with Crippen molar-refractivity contribution in [1.29, 1.82) is 0 Å². The second-order valence-corrected chi connectivity index (χ2v) is 6.68. The van der Waals surface area contributed by atoms with E-state index in [1.54, 1.807) is 20.8 Å². The maximum absolute atomic E-state index is 11.4. The molecule has 0 fully saturated rings. The van der Waals surface area contributed by atoms with E-state index < -0.39 is 5.97 Å². The van der Waals surface area contributed by atoms with E-state index in [0.717, 1.165) is 50.6 Å². The second kappa shape index (κ2) is 9.40. The highest BCUT2D eigenvalue weighted by atomic mass is 16.4. The lowest BCUT2D eigenvalue weighted by atomic mass is 9.98. The van der Waals surface area contributed by atoms with E-state index in [-0.39, 0.29) is 13.2 Å². The fourth-order valence-electron chi connectivity index (χ4n) is 2.97. The number of pyridine rings is 2. The fraction of sp³-hybridized carbons (Fsp3) is 0.455. The van der Waals surface area contributed by atoms with E-state index in [2.05, 4.69) is 9.97 Å². The van der Waals surface area contributed by atoms with Crippen LogP contribution >= 0.6 is 0 Å². The fourth-order valence-corrected chi connectivity index (χ4v) is 2.97. The van der Waals surface area contributed by atoms with Crippen molar-refractivity contribution in [3.05, 3.63) is 56.2 Å². The van der Waals surface area contributed by atoms with Crippen molar-refractivity contribution in [2.24, 2.45) is 0 Å². The van der Waals surface area contributed by atoms with E-state index in [4.69, 9.17) is 5.11 Å². The van der Waals surface area contributed by atoms with Crippen LogP contribution in [-0.2, 0) is 0 Å². The highest BCUT2D eigenvalue weighted by Crippen LogP contribution is 2.19. The summed E-state index contributed by atoms with van der Waals surface area (Å²) in [5.41, 5.74) is 8.26. The Labute approximate surface area is 162 Å². The molecule has 2 heterocycles. The summed E-state index contributed by atoms with van der Waals surface area (Å²) in [6.07, 6.45) is 0. The van der Waals surface area contributed by atoms with Crippen LogP contribution in [0.5, 0.6) is 0 Å². The first-order valence-electron chi connectivity index (χ1n) is 8.53. The molecule has 0 spiro atoms. The van der Waals surface area contributed by atoms with Gasteiger partial charge in [-0.25, -0.2) is 4.79 Å². The Morgan fingerprint density at radius 1 is 0.630 bits per heavy atom. The summed E-state index contributed by atoms with van der Waals surface area (Å²) in [5, 5.41) is 8.97. The average molecular weight is 373 g/mol. The number of nitrogens with zero attached hydrogens (tertiary/aromatic N) is 2. The van der Waals surface area contributed by atoms with Gasteiger partial charge in [-0.05, 0) is 84.6 Å². The molecule has 0 radical (unpaired) electrons. The van der Waals surface area contributed by atoms with Gasteiger partial charge in [0.25, 0.3) is 0 Å². The van der Waals surface area contributed by atoms with Crippen LogP contribution in [0.3, 0.4) is 0 Å². The van der Waals surface area contributed by atoms with Gasteiger partial charge in [0, 0.05) is 28.3 Å². The molecule has 0 unspecified atom stereocenters. The quantitative estimate of drug-likeness (QED) is 0.736. The van der Waals surface area contributed by atoms with Crippen LogP contribution < -0.4 is 0 Å². The third kappa shape index (κ3) is 5.22. The Balaban J connectivity index is 0.000000483. The number of hydrogen-bond acceptors (Lipinski definition) is 4. The van der Waals surface area contributed by atoms with Crippen LogP contribution in [0.1, 0.15) is 80.1 Å². The van der Waals surface area contributed by atoms with Crippen LogP contribution in [0.2, 0.25) is 0 Å². The van der Waals surface area contributed by atoms with Gasteiger partial charge in [-0.3, -0.25) is 14.8 Å². The largest absolute Gasteiger partial charge is 0.478 e. The van der Waals surface area contributed by atoms with E-state index in [0.29, 0.717) is 5.56 Å². The van der Waals surface area contributed by atoms with Crippen LogP contribution in [0.15, 0.2) is 0 Å². The first-order valence-corrected chi connectivity index (χ1v) is 8.53. The lowest BCUT2D eigenvalue weighted by molar-refractivity contribution is 0.0694. The molecule has 2 aromatic rings. The Bertz CT molecular complexity index is 758. The van der Waals surface area contributed by atoms with Gasteiger partial charge in [0.2, 0.25) is 0 Å². The van der Waals surface area contributed by atoms with Gasteiger partial charge in [-0.1, -0.05) is 7.43 Å². The minimum Gasteiger partial charge on any atom is -0.478 e. The number of aromatic carboxylic acids is 1. The van der Waals surface area contributed by atoms with Gasteiger partial charge in [0.15, 0.2) is 5.78 Å². The molecule has 148 valence electrons. The summed E-state index contributed by atoms with van der Waals surface area (Å²) >= 11 is 0. The summed E-state index contributed by atoms with van der Waals surface area (Å²) in [7, 11) is 0. The number of rotatable bonds is 2. The third-order valence-corrected chi connectivity index (χ3v) is 4.91. The van der Waals surface area contributed by atoms with Crippen molar-refractivity contribution in [3.63, 3.8) is 0 Å². The maximum Gasteiger partial charge on any atom is 0.336 e. The Hall–Kier alpha value is -2.56. The van der Waals surface area contributed by atoms with Gasteiger partial charge >= 0.3 is 5.97 Å². The predicted octanol–water partition coefficient (Wildman–Crippen LogP) is 5.17. The Kier molecular flexibility index (Phi) is 8.51. The normalized spacial score (nSPS) is 9.81. The van der Waals surface area contributed by atoms with Crippen LogP contribution in [0, 0.1) is 55.4 Å². The number of carboxylic acid groups (broad SMARTS) is 1. The molecule has 2 aromatic heterocycles. The zero-order chi connectivity index (χ0) is 20.3. The molecule has 27 heavy (non-hydrogen) atoms. The molecule has 1 N–H and O–H groups in total. The van der Waals surface area contributed by atoms with Crippen molar-refractivity contribution >= 4 is 11.8 Å². The molecule has 0 aliphatic heterocycles. The number of carbonyl (C=O) groups excluding carboxylic acids is 1. The van der Waals surface area contributed by atoms with Gasteiger partial charge in [-0.15, -0.1) is 0 Å². The van der Waals surface area contributed by atoms with Crippen LogP contribution in [-0.4, -0.2) is 26.8 Å². The number of carboxylic acids is 1. The molecule has 0 aliphatic rings. The Morgan fingerprint density at radius 3 is 1.11 bits per heavy atom. The van der Waals surface area contributed by atoms with E-state index in [9.17, 15) is 9.59 Å². The summed E-state index contributed by atoms with van der Waals surface area (Å²) in [5.74, 6) is -0.743. The number of carbonyl (C=O) groups is 2. The summed E-state index contributed by atoms with van der Waals surface area (Å²) in [4.78, 5) is 30.9. The molecule has 2 rings (SSSR count). The Morgan fingerprint density at radius 2 is 0.889 bits per heavy atom. The van der Waals surface area contributed by atoms with Gasteiger partial charge in [0.1, 0.15) is 0 Å². The monoisotopic (exact) mass is 372 g/mol. The van der Waals surface area contributed by atoms with Crippen molar-refractivity contribution in [2.45, 2.75) is 69.7 Å². The minimum absolute atomic E-state index is 0. The molecule has 0 saturated carbocycles. The first-order chi connectivity index (χ1) is 11.9. The van der Waals surface area contributed by atoms with Crippen LogP contribution in [0.25, 0.3) is 0 Å². The molecule has 0 bridgehead atoms. The zero-order valence-corrected chi connectivity index (χ0v) is 17.2. The SMILES string of the molecule is C.CC(=O)c1c(C)c(C)nc(C)c1C.Cc1nc(C)c(C)c(C(=O)O)c1C. The molecule has 5 heteroatoms. The van der Waals surface area contributed by atoms with Gasteiger partial charge in [-0.2, -0.15) is 0 Å². The molecule has 0 amide bonds.